The van der Waals surface area contributed by atoms with E-state index in [-0.39, 0.29) is 5.82 Å². The van der Waals surface area contributed by atoms with Gasteiger partial charge in [-0.05, 0) is 41.5 Å². The average Bonchev–Trinajstić information content (AvgIpc) is 3.11. The van der Waals surface area contributed by atoms with Crippen LogP contribution in [0.5, 0.6) is 5.75 Å². The second-order valence-electron chi connectivity index (χ2n) is 5.84. The molecule has 0 atom stereocenters. The first kappa shape index (κ1) is 16.1. The third-order valence-corrected chi connectivity index (χ3v) is 4.17. The zero-order valence-corrected chi connectivity index (χ0v) is 14.2. The van der Waals surface area contributed by atoms with Gasteiger partial charge in [-0.2, -0.15) is 9.61 Å². The van der Waals surface area contributed by atoms with Crippen molar-refractivity contribution >= 4 is 11.5 Å². The van der Waals surface area contributed by atoms with E-state index in [0.717, 1.165) is 28.3 Å². The number of anilines is 1. The topological polar surface area (TPSA) is 51.5 Å². The molecule has 0 aliphatic carbocycles. The summed E-state index contributed by atoms with van der Waals surface area (Å²) in [6.07, 6.45) is 3.42. The van der Waals surface area contributed by atoms with E-state index in [1.54, 1.807) is 30.1 Å². The van der Waals surface area contributed by atoms with Crippen molar-refractivity contribution in [3.8, 4) is 16.9 Å². The number of nitrogens with zero attached hydrogens (tertiary/aromatic N) is 3. The fourth-order valence-corrected chi connectivity index (χ4v) is 2.82. The van der Waals surface area contributed by atoms with Gasteiger partial charge in [0.05, 0.1) is 13.3 Å². The van der Waals surface area contributed by atoms with Gasteiger partial charge in [-0.1, -0.05) is 24.3 Å². The number of benzene rings is 2. The highest BCUT2D eigenvalue weighted by atomic mass is 19.1. The summed E-state index contributed by atoms with van der Waals surface area (Å²) in [4.78, 5) is 4.41. The van der Waals surface area contributed by atoms with E-state index >= 15 is 0 Å². The van der Waals surface area contributed by atoms with Gasteiger partial charge in [0.25, 0.3) is 0 Å². The molecule has 1 N–H and O–H groups in total. The van der Waals surface area contributed by atoms with Crippen molar-refractivity contribution in [1.82, 2.24) is 14.6 Å². The third-order valence-electron chi connectivity index (χ3n) is 4.17. The second kappa shape index (κ2) is 6.84. The fraction of sp³-hybridized carbons (Fsp3) is 0.100. The molecule has 5 nitrogen and oxygen atoms in total. The van der Waals surface area contributed by atoms with Gasteiger partial charge in [0.1, 0.15) is 17.4 Å². The summed E-state index contributed by atoms with van der Waals surface area (Å²) >= 11 is 0. The SMILES string of the molecule is COc1ccc(CNc2ccnc3c(-c4cccc(F)c4)cnn23)cc1. The number of aromatic nitrogens is 3. The Hall–Kier alpha value is -3.41. The number of fused-ring (bicyclic) bond motifs is 1. The molecule has 130 valence electrons. The smallest absolute Gasteiger partial charge is 0.165 e. The highest BCUT2D eigenvalue weighted by Gasteiger charge is 2.11. The number of ether oxygens (including phenoxy) is 1. The minimum Gasteiger partial charge on any atom is -0.497 e. The molecule has 2 aromatic carbocycles. The summed E-state index contributed by atoms with van der Waals surface area (Å²) < 4.78 is 20.4. The van der Waals surface area contributed by atoms with Gasteiger partial charge in [-0.25, -0.2) is 9.37 Å². The standard InChI is InChI=1S/C20H17FN4O/c1-26-17-7-5-14(6-8-17)12-23-19-9-10-22-20-18(13-24-25(19)20)15-3-2-4-16(21)11-15/h2-11,13,23H,12H2,1H3. The minimum atomic E-state index is -0.282. The van der Waals surface area contributed by atoms with Crippen molar-refractivity contribution in [3.05, 3.63) is 78.4 Å². The Balaban J connectivity index is 1.62. The van der Waals surface area contributed by atoms with Crippen LogP contribution in [0.1, 0.15) is 5.56 Å². The van der Waals surface area contributed by atoms with E-state index in [2.05, 4.69) is 15.4 Å². The Labute approximate surface area is 150 Å². The molecule has 0 bridgehead atoms. The molecule has 0 fully saturated rings. The van der Waals surface area contributed by atoms with Gasteiger partial charge in [-0.3, -0.25) is 0 Å². The first-order valence-corrected chi connectivity index (χ1v) is 8.20. The largest absolute Gasteiger partial charge is 0.497 e. The molecule has 6 heteroatoms. The number of nitrogens with one attached hydrogen (secondary N) is 1. The van der Waals surface area contributed by atoms with Crippen molar-refractivity contribution in [2.75, 3.05) is 12.4 Å². The molecular formula is C20H17FN4O. The lowest BCUT2D eigenvalue weighted by atomic mass is 10.1. The van der Waals surface area contributed by atoms with Crippen molar-refractivity contribution in [2.24, 2.45) is 0 Å². The third kappa shape index (κ3) is 3.09. The zero-order valence-electron chi connectivity index (χ0n) is 14.2. The normalized spacial score (nSPS) is 10.8. The molecule has 26 heavy (non-hydrogen) atoms. The summed E-state index contributed by atoms with van der Waals surface area (Å²) in [5, 5.41) is 7.78. The fourth-order valence-electron chi connectivity index (χ4n) is 2.82. The van der Waals surface area contributed by atoms with Gasteiger partial charge in [0.15, 0.2) is 5.65 Å². The second-order valence-corrected chi connectivity index (χ2v) is 5.84. The number of methoxy groups -OCH3 is 1. The molecule has 4 rings (SSSR count). The molecule has 0 saturated carbocycles. The van der Waals surface area contributed by atoms with Crippen molar-refractivity contribution < 1.29 is 9.13 Å². The number of rotatable bonds is 5. The van der Waals surface area contributed by atoms with Crippen LogP contribution in [0.2, 0.25) is 0 Å². The van der Waals surface area contributed by atoms with Crippen molar-refractivity contribution in [1.29, 1.82) is 0 Å². The summed E-state index contributed by atoms with van der Waals surface area (Å²) in [6.45, 7) is 0.637. The number of halogens is 1. The highest BCUT2D eigenvalue weighted by molar-refractivity contribution is 5.77. The van der Waals surface area contributed by atoms with Crippen molar-refractivity contribution in [2.45, 2.75) is 6.54 Å². The van der Waals surface area contributed by atoms with Crippen LogP contribution in [0.3, 0.4) is 0 Å². The first-order valence-electron chi connectivity index (χ1n) is 8.20. The van der Waals surface area contributed by atoms with E-state index in [9.17, 15) is 4.39 Å². The van der Waals surface area contributed by atoms with Gasteiger partial charge < -0.3 is 10.1 Å². The van der Waals surface area contributed by atoms with Crippen LogP contribution in [-0.4, -0.2) is 21.7 Å². The molecule has 0 saturated heterocycles. The monoisotopic (exact) mass is 348 g/mol. The predicted molar refractivity (Wildman–Crippen MR) is 98.7 cm³/mol. The molecule has 0 aliphatic rings. The Morgan fingerprint density at radius 2 is 1.96 bits per heavy atom. The maximum atomic E-state index is 13.5. The lowest BCUT2D eigenvalue weighted by Crippen LogP contribution is -2.05. The van der Waals surface area contributed by atoms with E-state index in [1.165, 1.54) is 12.1 Å². The van der Waals surface area contributed by atoms with Gasteiger partial charge in [0, 0.05) is 18.3 Å². The maximum absolute atomic E-state index is 13.5. The Bertz CT molecular complexity index is 1040. The van der Waals surface area contributed by atoms with E-state index in [1.807, 2.05) is 36.4 Å². The van der Waals surface area contributed by atoms with Crippen LogP contribution in [0.15, 0.2) is 67.0 Å². The molecule has 2 heterocycles. The summed E-state index contributed by atoms with van der Waals surface area (Å²) in [7, 11) is 1.65. The van der Waals surface area contributed by atoms with Crippen molar-refractivity contribution in [3.63, 3.8) is 0 Å². The Morgan fingerprint density at radius 1 is 1.12 bits per heavy atom. The molecule has 0 amide bonds. The van der Waals surface area contributed by atoms with Gasteiger partial charge in [-0.15, -0.1) is 0 Å². The molecule has 4 aromatic rings. The summed E-state index contributed by atoms with van der Waals surface area (Å²) in [5.41, 5.74) is 3.33. The number of hydrogen-bond donors (Lipinski definition) is 1. The number of hydrogen-bond acceptors (Lipinski definition) is 4. The van der Waals surface area contributed by atoms with Crippen LogP contribution < -0.4 is 10.1 Å². The molecule has 0 unspecified atom stereocenters. The lowest BCUT2D eigenvalue weighted by molar-refractivity contribution is 0.414. The predicted octanol–water partition coefficient (Wildman–Crippen LogP) is 4.16. The van der Waals surface area contributed by atoms with Gasteiger partial charge in [0.2, 0.25) is 0 Å². The van der Waals surface area contributed by atoms with E-state index in [4.69, 9.17) is 4.74 Å². The Kier molecular flexibility index (Phi) is 4.23. The molecular weight excluding hydrogens is 331 g/mol. The maximum Gasteiger partial charge on any atom is 0.165 e. The van der Waals surface area contributed by atoms with Crippen LogP contribution in [0, 0.1) is 5.82 Å². The van der Waals surface area contributed by atoms with Gasteiger partial charge >= 0.3 is 0 Å². The zero-order chi connectivity index (χ0) is 17.9. The minimum absolute atomic E-state index is 0.282. The van der Waals surface area contributed by atoms with E-state index in [0.29, 0.717) is 12.2 Å². The summed E-state index contributed by atoms with van der Waals surface area (Å²) in [6, 6.07) is 16.2. The molecule has 0 spiro atoms. The van der Waals surface area contributed by atoms with Crippen LogP contribution in [0.4, 0.5) is 10.2 Å². The van der Waals surface area contributed by atoms with Crippen LogP contribution >= 0.6 is 0 Å². The van der Waals surface area contributed by atoms with E-state index < -0.39 is 0 Å². The Morgan fingerprint density at radius 3 is 2.73 bits per heavy atom. The lowest BCUT2D eigenvalue weighted by Gasteiger charge is -2.09. The molecule has 0 aliphatic heterocycles. The average molecular weight is 348 g/mol. The first-order chi connectivity index (χ1) is 12.7. The quantitative estimate of drug-likeness (QED) is 0.588. The molecule has 0 radical (unpaired) electrons. The summed E-state index contributed by atoms with van der Waals surface area (Å²) in [5.74, 6) is 1.36. The van der Waals surface area contributed by atoms with Crippen LogP contribution in [0.25, 0.3) is 16.8 Å². The van der Waals surface area contributed by atoms with Crippen LogP contribution in [-0.2, 0) is 6.54 Å². The highest BCUT2D eigenvalue weighted by Crippen LogP contribution is 2.25. The molecule has 2 aromatic heterocycles.